The van der Waals surface area contributed by atoms with E-state index in [-0.39, 0.29) is 5.91 Å². The molecule has 5 nitrogen and oxygen atoms in total. The summed E-state index contributed by atoms with van der Waals surface area (Å²) in [4.78, 5) is 16.8. The number of para-hydroxylation sites is 2. The Morgan fingerprint density at radius 3 is 2.46 bits per heavy atom. The van der Waals surface area contributed by atoms with Gasteiger partial charge in [-0.15, -0.1) is 0 Å². The molecule has 0 aliphatic carbocycles. The molecule has 0 saturated carbocycles. The van der Waals surface area contributed by atoms with Gasteiger partial charge in [0.2, 0.25) is 11.8 Å². The Hall–Kier alpha value is -3.60. The van der Waals surface area contributed by atoms with Crippen LogP contribution in [0.5, 0.6) is 5.75 Å². The predicted octanol–water partition coefficient (Wildman–Crippen LogP) is 5.07. The van der Waals surface area contributed by atoms with E-state index in [4.69, 9.17) is 9.15 Å². The van der Waals surface area contributed by atoms with Gasteiger partial charge in [0.05, 0.1) is 13.0 Å². The number of ether oxygens (including phenoxy) is 1. The Morgan fingerprint density at radius 2 is 1.75 bits per heavy atom. The number of benzene rings is 3. The van der Waals surface area contributed by atoms with Gasteiger partial charge in [-0.3, -0.25) is 4.79 Å². The lowest BCUT2D eigenvalue weighted by molar-refractivity contribution is -0.115. The molecule has 5 heteroatoms. The standard InChI is InChI=1S/C23H20N2O3/c1-2-27-19-13-7-16(8-14-19)15-22(26)24-18-11-9-17(10-12-18)23-25-20-5-3-4-6-21(20)28-23/h3-14H,2,15H2,1H3,(H,24,26). The van der Waals surface area contributed by atoms with Crippen LogP contribution in [0.1, 0.15) is 12.5 Å². The van der Waals surface area contributed by atoms with E-state index < -0.39 is 0 Å². The Labute approximate surface area is 163 Å². The molecule has 28 heavy (non-hydrogen) atoms. The molecule has 1 amide bonds. The van der Waals surface area contributed by atoms with Gasteiger partial charge >= 0.3 is 0 Å². The van der Waals surface area contributed by atoms with Gasteiger partial charge in [-0.1, -0.05) is 24.3 Å². The first-order chi connectivity index (χ1) is 13.7. The SMILES string of the molecule is CCOc1ccc(CC(=O)Nc2ccc(-c3nc4ccccc4o3)cc2)cc1. The molecule has 1 N–H and O–H groups in total. The summed E-state index contributed by atoms with van der Waals surface area (Å²) in [7, 11) is 0. The summed E-state index contributed by atoms with van der Waals surface area (Å²) in [5, 5.41) is 2.91. The molecule has 0 aliphatic heterocycles. The molecule has 0 spiro atoms. The van der Waals surface area contributed by atoms with E-state index in [0.717, 1.165) is 33.7 Å². The molecule has 0 saturated heterocycles. The summed E-state index contributed by atoms with van der Waals surface area (Å²) in [6.07, 6.45) is 0.305. The topological polar surface area (TPSA) is 64.4 Å². The number of amides is 1. The number of nitrogens with one attached hydrogen (secondary N) is 1. The van der Waals surface area contributed by atoms with Crippen molar-refractivity contribution in [1.82, 2.24) is 4.98 Å². The van der Waals surface area contributed by atoms with E-state index in [1.165, 1.54) is 0 Å². The van der Waals surface area contributed by atoms with Gasteiger partial charge in [-0.25, -0.2) is 4.98 Å². The van der Waals surface area contributed by atoms with E-state index in [2.05, 4.69) is 10.3 Å². The maximum Gasteiger partial charge on any atom is 0.228 e. The Morgan fingerprint density at radius 1 is 1.00 bits per heavy atom. The first kappa shape index (κ1) is 17.8. The molecule has 4 rings (SSSR count). The maximum absolute atomic E-state index is 12.3. The molecule has 0 fully saturated rings. The summed E-state index contributed by atoms with van der Waals surface area (Å²) in [5.74, 6) is 1.30. The summed E-state index contributed by atoms with van der Waals surface area (Å²) in [5.41, 5.74) is 4.11. The lowest BCUT2D eigenvalue weighted by Crippen LogP contribution is -2.14. The number of nitrogens with zero attached hydrogens (tertiary/aromatic N) is 1. The van der Waals surface area contributed by atoms with Crippen LogP contribution in [0.2, 0.25) is 0 Å². The second kappa shape index (κ2) is 7.96. The second-order valence-electron chi connectivity index (χ2n) is 6.37. The largest absolute Gasteiger partial charge is 0.494 e. The number of fused-ring (bicyclic) bond motifs is 1. The molecule has 0 bridgehead atoms. The molecule has 1 heterocycles. The van der Waals surface area contributed by atoms with Crippen molar-refractivity contribution >= 4 is 22.7 Å². The Bertz CT molecular complexity index is 1050. The Kier molecular flexibility index (Phi) is 5.06. The third-order valence-electron chi connectivity index (χ3n) is 4.31. The number of anilines is 1. The fraction of sp³-hybridized carbons (Fsp3) is 0.130. The minimum atomic E-state index is -0.0706. The van der Waals surface area contributed by atoms with Crippen LogP contribution in [0, 0.1) is 0 Å². The number of oxazole rings is 1. The monoisotopic (exact) mass is 372 g/mol. The van der Waals surface area contributed by atoms with Gasteiger partial charge in [0.15, 0.2) is 5.58 Å². The van der Waals surface area contributed by atoms with Crippen LogP contribution in [-0.2, 0) is 11.2 Å². The lowest BCUT2D eigenvalue weighted by atomic mass is 10.1. The highest BCUT2D eigenvalue weighted by Gasteiger charge is 2.09. The van der Waals surface area contributed by atoms with E-state index in [9.17, 15) is 4.79 Å². The van der Waals surface area contributed by atoms with Crippen molar-refractivity contribution in [3.05, 3.63) is 78.4 Å². The van der Waals surface area contributed by atoms with Crippen LogP contribution < -0.4 is 10.1 Å². The average molecular weight is 372 g/mol. The molecule has 0 radical (unpaired) electrons. The van der Waals surface area contributed by atoms with Crippen LogP contribution in [0.4, 0.5) is 5.69 Å². The fourth-order valence-corrected chi connectivity index (χ4v) is 2.95. The minimum Gasteiger partial charge on any atom is -0.494 e. The van der Waals surface area contributed by atoms with E-state index in [1.54, 1.807) is 0 Å². The van der Waals surface area contributed by atoms with Crippen LogP contribution in [0.3, 0.4) is 0 Å². The molecule has 3 aromatic carbocycles. The van der Waals surface area contributed by atoms with Gasteiger partial charge in [0, 0.05) is 11.3 Å². The average Bonchev–Trinajstić information content (AvgIpc) is 3.14. The normalized spacial score (nSPS) is 10.8. The number of rotatable bonds is 6. The van der Waals surface area contributed by atoms with Crippen molar-refractivity contribution in [2.75, 3.05) is 11.9 Å². The summed E-state index contributed by atoms with van der Waals surface area (Å²) < 4.78 is 11.2. The van der Waals surface area contributed by atoms with Crippen molar-refractivity contribution in [2.24, 2.45) is 0 Å². The van der Waals surface area contributed by atoms with Crippen molar-refractivity contribution in [2.45, 2.75) is 13.3 Å². The fourth-order valence-electron chi connectivity index (χ4n) is 2.95. The van der Waals surface area contributed by atoms with Crippen molar-refractivity contribution in [3.8, 4) is 17.2 Å². The van der Waals surface area contributed by atoms with E-state index >= 15 is 0 Å². The van der Waals surface area contributed by atoms with Crippen LogP contribution in [0.25, 0.3) is 22.6 Å². The third kappa shape index (κ3) is 4.04. The van der Waals surface area contributed by atoms with Crippen molar-refractivity contribution in [3.63, 3.8) is 0 Å². The minimum absolute atomic E-state index is 0.0706. The molecular formula is C23H20N2O3. The summed E-state index contributed by atoms with van der Waals surface area (Å²) >= 11 is 0. The molecule has 0 aliphatic rings. The van der Waals surface area contributed by atoms with Crippen LogP contribution in [0.15, 0.2) is 77.2 Å². The molecule has 0 unspecified atom stereocenters. The first-order valence-corrected chi connectivity index (χ1v) is 9.19. The molecule has 140 valence electrons. The van der Waals surface area contributed by atoms with Gasteiger partial charge in [-0.05, 0) is 61.0 Å². The molecular weight excluding hydrogens is 352 g/mol. The smallest absolute Gasteiger partial charge is 0.228 e. The lowest BCUT2D eigenvalue weighted by Gasteiger charge is -2.07. The van der Waals surface area contributed by atoms with E-state index in [1.807, 2.05) is 79.7 Å². The highest BCUT2D eigenvalue weighted by atomic mass is 16.5. The number of aromatic nitrogens is 1. The number of carbonyl (C=O) groups excluding carboxylic acids is 1. The summed E-state index contributed by atoms with van der Waals surface area (Å²) in [6.45, 7) is 2.57. The number of carbonyl (C=O) groups is 1. The highest BCUT2D eigenvalue weighted by Crippen LogP contribution is 2.25. The quantitative estimate of drug-likeness (QED) is 0.513. The zero-order chi connectivity index (χ0) is 19.3. The third-order valence-corrected chi connectivity index (χ3v) is 4.31. The van der Waals surface area contributed by atoms with Gasteiger partial charge in [0.1, 0.15) is 11.3 Å². The number of hydrogen-bond donors (Lipinski definition) is 1. The van der Waals surface area contributed by atoms with Crippen LogP contribution in [-0.4, -0.2) is 17.5 Å². The molecule has 4 aromatic rings. The molecule has 1 aromatic heterocycles. The number of hydrogen-bond acceptors (Lipinski definition) is 4. The van der Waals surface area contributed by atoms with Gasteiger partial charge < -0.3 is 14.5 Å². The maximum atomic E-state index is 12.3. The van der Waals surface area contributed by atoms with Crippen molar-refractivity contribution < 1.29 is 13.9 Å². The zero-order valence-electron chi connectivity index (χ0n) is 15.5. The van der Waals surface area contributed by atoms with E-state index in [0.29, 0.717) is 18.9 Å². The first-order valence-electron chi connectivity index (χ1n) is 9.19. The predicted molar refractivity (Wildman–Crippen MR) is 109 cm³/mol. The van der Waals surface area contributed by atoms with Gasteiger partial charge in [-0.2, -0.15) is 0 Å². The summed E-state index contributed by atoms with van der Waals surface area (Å²) in [6, 6.07) is 22.7. The van der Waals surface area contributed by atoms with Crippen LogP contribution >= 0.6 is 0 Å². The van der Waals surface area contributed by atoms with Crippen molar-refractivity contribution in [1.29, 1.82) is 0 Å². The van der Waals surface area contributed by atoms with Gasteiger partial charge in [0.25, 0.3) is 0 Å². The molecule has 0 atom stereocenters. The Balaban J connectivity index is 1.40. The highest BCUT2D eigenvalue weighted by molar-refractivity contribution is 5.92. The zero-order valence-corrected chi connectivity index (χ0v) is 15.5. The second-order valence-corrected chi connectivity index (χ2v) is 6.37.